The monoisotopic (exact) mass is 354 g/mol. The molecule has 2 aromatic carbocycles. The lowest BCUT2D eigenvalue weighted by atomic mass is 10.2. The van der Waals surface area contributed by atoms with E-state index in [-0.39, 0.29) is 0 Å². The fourth-order valence-corrected chi connectivity index (χ4v) is 2.53. The third kappa shape index (κ3) is 3.11. The average Bonchev–Trinajstić information content (AvgIpc) is 3.06. The lowest BCUT2D eigenvalue weighted by molar-refractivity contribution is -0.137. The highest BCUT2D eigenvalue weighted by Gasteiger charge is 2.31. The summed E-state index contributed by atoms with van der Waals surface area (Å²) in [5.41, 5.74) is 0.685. The molecule has 0 aliphatic heterocycles. The van der Waals surface area contributed by atoms with Gasteiger partial charge in [-0.3, -0.25) is 9.55 Å². The smallest absolute Gasteiger partial charge is 0.416 e. The summed E-state index contributed by atoms with van der Waals surface area (Å²) in [5.74, 6) is 1.24. The number of alkyl halides is 3. The Morgan fingerprint density at radius 3 is 2.27 bits per heavy atom. The number of halogens is 3. The van der Waals surface area contributed by atoms with Gasteiger partial charge in [-0.2, -0.15) is 13.2 Å². The van der Waals surface area contributed by atoms with Gasteiger partial charge in [0.05, 0.1) is 16.6 Å². The van der Waals surface area contributed by atoms with Crippen LogP contribution < -0.4 is 4.74 Å². The molecule has 0 atom stereocenters. The number of rotatable bonds is 3. The van der Waals surface area contributed by atoms with Crippen molar-refractivity contribution in [3.8, 4) is 17.2 Å². The highest BCUT2D eigenvalue weighted by molar-refractivity contribution is 5.78. The standard InChI is InChI=1S/C19H11F3N3O/c20-19(21,22)13-1-6-17-18(11-13)25(12-24-17)14-2-4-15(5-3-14)26-16-7-9-23-10-8-16/h1-11H. The number of imidazole rings is 1. The van der Waals surface area contributed by atoms with Crippen molar-refractivity contribution in [1.82, 2.24) is 14.5 Å². The minimum Gasteiger partial charge on any atom is -0.457 e. The van der Waals surface area contributed by atoms with E-state index in [0.29, 0.717) is 28.2 Å². The third-order valence-corrected chi connectivity index (χ3v) is 3.79. The summed E-state index contributed by atoms with van der Waals surface area (Å²) in [6, 6.07) is 13.8. The van der Waals surface area contributed by atoms with Gasteiger partial charge in [0.15, 0.2) is 6.33 Å². The van der Waals surface area contributed by atoms with Crippen molar-refractivity contribution in [2.45, 2.75) is 6.18 Å². The number of hydrogen-bond acceptors (Lipinski definition) is 3. The molecule has 129 valence electrons. The molecule has 0 bridgehead atoms. The Hall–Kier alpha value is -3.35. The van der Waals surface area contributed by atoms with Gasteiger partial charge >= 0.3 is 6.18 Å². The minimum atomic E-state index is -4.41. The molecule has 0 fully saturated rings. The van der Waals surface area contributed by atoms with Crippen LogP contribution in [0.25, 0.3) is 16.7 Å². The zero-order chi connectivity index (χ0) is 18.1. The lowest BCUT2D eigenvalue weighted by Gasteiger charge is -2.09. The summed E-state index contributed by atoms with van der Waals surface area (Å²) in [5, 5.41) is 0. The summed E-state index contributed by atoms with van der Waals surface area (Å²) in [6.07, 6.45) is 1.56. The van der Waals surface area contributed by atoms with Gasteiger partial charge < -0.3 is 4.74 Å². The fourth-order valence-electron chi connectivity index (χ4n) is 2.53. The van der Waals surface area contributed by atoms with E-state index in [1.54, 1.807) is 48.8 Å². The van der Waals surface area contributed by atoms with Crippen LogP contribution in [-0.2, 0) is 6.18 Å². The Kier molecular flexibility index (Phi) is 3.84. The molecule has 4 aromatic rings. The second kappa shape index (κ2) is 6.18. The van der Waals surface area contributed by atoms with Crippen LogP contribution in [0.2, 0.25) is 0 Å². The van der Waals surface area contributed by atoms with Gasteiger partial charge in [0.2, 0.25) is 0 Å². The van der Waals surface area contributed by atoms with E-state index in [9.17, 15) is 13.2 Å². The summed E-state index contributed by atoms with van der Waals surface area (Å²) in [4.78, 5) is 7.95. The molecule has 0 aliphatic carbocycles. The lowest BCUT2D eigenvalue weighted by Crippen LogP contribution is -2.04. The molecular formula is C19H11F3N3O. The van der Waals surface area contributed by atoms with Crippen LogP contribution in [0.1, 0.15) is 5.56 Å². The summed E-state index contributed by atoms with van der Waals surface area (Å²) in [6.45, 7) is 0. The number of benzene rings is 2. The minimum absolute atomic E-state index is 0.336. The van der Waals surface area contributed by atoms with Gasteiger partial charge in [0.25, 0.3) is 0 Å². The van der Waals surface area contributed by atoms with E-state index in [4.69, 9.17) is 4.74 Å². The van der Waals surface area contributed by atoms with Crippen LogP contribution in [0.3, 0.4) is 0 Å². The van der Waals surface area contributed by atoms with Gasteiger partial charge in [-0.25, -0.2) is 4.98 Å². The van der Waals surface area contributed by atoms with Gasteiger partial charge in [-0.15, -0.1) is 0 Å². The summed E-state index contributed by atoms with van der Waals surface area (Å²) in [7, 11) is 0. The second-order valence-electron chi connectivity index (χ2n) is 5.53. The predicted octanol–water partition coefficient (Wildman–Crippen LogP) is 5.03. The van der Waals surface area contributed by atoms with Crippen LogP contribution in [0.4, 0.5) is 13.2 Å². The molecule has 0 spiro atoms. The van der Waals surface area contributed by atoms with E-state index in [1.807, 2.05) is 0 Å². The molecule has 2 aromatic heterocycles. The van der Waals surface area contributed by atoms with Gasteiger partial charge in [0.1, 0.15) is 11.5 Å². The summed E-state index contributed by atoms with van der Waals surface area (Å²) >= 11 is 0. The van der Waals surface area contributed by atoms with Crippen molar-refractivity contribution in [1.29, 1.82) is 0 Å². The first-order chi connectivity index (χ1) is 12.5. The third-order valence-electron chi connectivity index (χ3n) is 3.79. The van der Waals surface area contributed by atoms with E-state index in [0.717, 1.165) is 12.1 Å². The number of hydrogen-bond donors (Lipinski definition) is 0. The number of aromatic nitrogens is 3. The first kappa shape index (κ1) is 16.1. The van der Waals surface area contributed by atoms with Crippen LogP contribution in [0, 0.1) is 6.33 Å². The Morgan fingerprint density at radius 1 is 0.885 bits per heavy atom. The molecule has 2 heterocycles. The van der Waals surface area contributed by atoms with Gasteiger partial charge in [0, 0.05) is 18.1 Å². The summed E-state index contributed by atoms with van der Waals surface area (Å²) < 4.78 is 46.0. The maximum Gasteiger partial charge on any atom is 0.416 e. The molecule has 0 saturated carbocycles. The molecule has 26 heavy (non-hydrogen) atoms. The predicted molar refractivity (Wildman–Crippen MR) is 89.2 cm³/mol. The number of ether oxygens (including phenoxy) is 1. The van der Waals surface area contributed by atoms with Crippen LogP contribution in [-0.4, -0.2) is 14.5 Å². The van der Waals surface area contributed by atoms with Gasteiger partial charge in [-0.1, -0.05) is 0 Å². The highest BCUT2D eigenvalue weighted by atomic mass is 19.4. The number of nitrogens with zero attached hydrogens (tertiary/aromatic N) is 3. The normalized spacial score (nSPS) is 11.7. The average molecular weight is 354 g/mol. The van der Waals surface area contributed by atoms with E-state index < -0.39 is 11.7 Å². The molecule has 0 aliphatic rings. The topological polar surface area (TPSA) is 39.9 Å². The van der Waals surface area contributed by atoms with Crippen molar-refractivity contribution in [3.63, 3.8) is 0 Å². The molecule has 4 rings (SSSR count). The zero-order valence-corrected chi connectivity index (χ0v) is 13.2. The Balaban J connectivity index is 1.67. The highest BCUT2D eigenvalue weighted by Crippen LogP contribution is 2.32. The molecule has 0 N–H and O–H groups in total. The van der Waals surface area contributed by atoms with Crippen LogP contribution in [0.15, 0.2) is 67.0 Å². The first-order valence-corrected chi connectivity index (χ1v) is 7.66. The van der Waals surface area contributed by atoms with Crippen molar-refractivity contribution < 1.29 is 17.9 Å². The molecule has 1 radical (unpaired) electrons. The number of fused-ring (bicyclic) bond motifs is 1. The number of pyridine rings is 1. The van der Waals surface area contributed by atoms with Crippen LogP contribution >= 0.6 is 0 Å². The van der Waals surface area contributed by atoms with Crippen molar-refractivity contribution in [3.05, 3.63) is 78.9 Å². The fraction of sp³-hybridized carbons (Fsp3) is 0.0526. The quantitative estimate of drug-likeness (QED) is 0.518. The maximum atomic E-state index is 13.0. The Morgan fingerprint density at radius 2 is 1.58 bits per heavy atom. The van der Waals surface area contributed by atoms with E-state index in [2.05, 4.69) is 16.3 Å². The molecule has 0 amide bonds. The van der Waals surface area contributed by atoms with E-state index in [1.165, 1.54) is 10.6 Å². The van der Waals surface area contributed by atoms with Gasteiger partial charge in [-0.05, 0) is 54.6 Å². The van der Waals surface area contributed by atoms with Crippen LogP contribution in [0.5, 0.6) is 11.5 Å². The second-order valence-corrected chi connectivity index (χ2v) is 5.53. The Labute approximate surface area is 146 Å². The SMILES string of the molecule is FC(F)(F)c1ccc2n[c]n(-c3ccc(Oc4ccncc4)cc3)c2c1. The molecule has 4 nitrogen and oxygen atoms in total. The molecule has 7 heteroatoms. The zero-order valence-electron chi connectivity index (χ0n) is 13.2. The molecule has 0 saturated heterocycles. The molecule has 0 unspecified atom stereocenters. The molecular weight excluding hydrogens is 343 g/mol. The van der Waals surface area contributed by atoms with Crippen molar-refractivity contribution >= 4 is 11.0 Å². The first-order valence-electron chi connectivity index (χ1n) is 7.66. The van der Waals surface area contributed by atoms with Crippen molar-refractivity contribution in [2.24, 2.45) is 0 Å². The van der Waals surface area contributed by atoms with Crippen molar-refractivity contribution in [2.75, 3.05) is 0 Å². The van der Waals surface area contributed by atoms with E-state index >= 15 is 0 Å². The largest absolute Gasteiger partial charge is 0.457 e. The maximum absolute atomic E-state index is 13.0. The Bertz CT molecular complexity index is 1040.